The third kappa shape index (κ3) is 2.10. The van der Waals surface area contributed by atoms with Crippen LogP contribution < -0.4 is 0 Å². The number of hydrogen-bond acceptors (Lipinski definition) is 0. The molecular formula is C15H16. The first-order valence-corrected chi connectivity index (χ1v) is 5.39. The molecule has 0 aliphatic carbocycles. The molecule has 0 nitrogen and oxygen atoms in total. The Morgan fingerprint density at radius 3 is 2.07 bits per heavy atom. The van der Waals surface area contributed by atoms with E-state index in [1.165, 1.54) is 16.7 Å². The molecule has 0 aliphatic rings. The van der Waals surface area contributed by atoms with Gasteiger partial charge in [0.2, 0.25) is 0 Å². The van der Waals surface area contributed by atoms with Crippen molar-refractivity contribution < 1.29 is 0 Å². The molecule has 2 aromatic rings. The molecule has 0 bridgehead atoms. The largest absolute Gasteiger partial charge is 0.0622 e. The zero-order valence-electron chi connectivity index (χ0n) is 9.27. The summed E-state index contributed by atoms with van der Waals surface area (Å²) in [6.45, 7) is 4.44. The lowest BCUT2D eigenvalue weighted by Gasteiger charge is -2.14. The molecule has 0 aromatic heterocycles. The number of hydrogen-bond donors (Lipinski definition) is 0. The van der Waals surface area contributed by atoms with Crippen LogP contribution in [0.1, 0.15) is 29.5 Å². The van der Waals surface area contributed by atoms with Crippen molar-refractivity contribution in [2.45, 2.75) is 19.8 Å². The highest BCUT2D eigenvalue weighted by Gasteiger charge is 2.09. The van der Waals surface area contributed by atoms with E-state index in [1.807, 2.05) is 0 Å². The highest BCUT2D eigenvalue weighted by atomic mass is 14.1. The van der Waals surface area contributed by atoms with Crippen molar-refractivity contribution in [1.29, 1.82) is 0 Å². The fourth-order valence-corrected chi connectivity index (χ4v) is 1.99. The number of aryl methyl sites for hydroxylation is 1. The smallest absolute Gasteiger partial charge is 0.00636 e. The van der Waals surface area contributed by atoms with Crippen molar-refractivity contribution in [1.82, 2.24) is 0 Å². The molecule has 0 radical (unpaired) electrons. The summed E-state index contributed by atoms with van der Waals surface area (Å²) in [5.74, 6) is 0.479. The van der Waals surface area contributed by atoms with Crippen LogP contribution in [0.4, 0.5) is 0 Å². The molecule has 0 N–H and O–H groups in total. The fourth-order valence-electron chi connectivity index (χ4n) is 1.99. The molecule has 0 aliphatic heterocycles. The SMILES string of the molecule is Cc1ccccc1C(C)c1ccccc1. The molecule has 0 saturated carbocycles. The molecule has 1 unspecified atom stereocenters. The van der Waals surface area contributed by atoms with Gasteiger partial charge in [-0.3, -0.25) is 0 Å². The van der Waals surface area contributed by atoms with Gasteiger partial charge in [0.05, 0.1) is 0 Å². The van der Waals surface area contributed by atoms with Crippen molar-refractivity contribution in [3.05, 3.63) is 71.3 Å². The fraction of sp³-hybridized carbons (Fsp3) is 0.200. The van der Waals surface area contributed by atoms with Gasteiger partial charge in [0.1, 0.15) is 0 Å². The maximum atomic E-state index is 2.26. The van der Waals surface area contributed by atoms with Gasteiger partial charge < -0.3 is 0 Å². The third-order valence-electron chi connectivity index (χ3n) is 2.95. The Morgan fingerprint density at radius 1 is 0.800 bits per heavy atom. The summed E-state index contributed by atoms with van der Waals surface area (Å²) >= 11 is 0. The second-order valence-electron chi connectivity index (χ2n) is 3.99. The highest BCUT2D eigenvalue weighted by molar-refractivity contribution is 5.36. The average Bonchev–Trinajstić information content (AvgIpc) is 2.30. The van der Waals surface area contributed by atoms with Crippen LogP contribution in [0.15, 0.2) is 54.6 Å². The van der Waals surface area contributed by atoms with Crippen LogP contribution in [0.5, 0.6) is 0 Å². The quantitative estimate of drug-likeness (QED) is 0.677. The summed E-state index contributed by atoms with van der Waals surface area (Å²) in [4.78, 5) is 0. The Labute approximate surface area is 91.6 Å². The maximum absolute atomic E-state index is 2.26. The van der Waals surface area contributed by atoms with Crippen LogP contribution in [0.25, 0.3) is 0 Å². The van der Waals surface area contributed by atoms with Crippen molar-refractivity contribution in [2.75, 3.05) is 0 Å². The molecule has 2 rings (SSSR count). The molecular weight excluding hydrogens is 180 g/mol. The van der Waals surface area contributed by atoms with Gasteiger partial charge in [0.15, 0.2) is 0 Å². The summed E-state index contributed by atoms with van der Waals surface area (Å²) < 4.78 is 0. The lowest BCUT2D eigenvalue weighted by molar-refractivity contribution is 0.910. The molecule has 76 valence electrons. The molecule has 2 aromatic carbocycles. The van der Waals surface area contributed by atoms with Crippen LogP contribution >= 0.6 is 0 Å². The third-order valence-corrected chi connectivity index (χ3v) is 2.95. The van der Waals surface area contributed by atoms with Gasteiger partial charge in [0.25, 0.3) is 0 Å². The Hall–Kier alpha value is -1.56. The minimum atomic E-state index is 0.479. The predicted molar refractivity (Wildman–Crippen MR) is 65.1 cm³/mol. The lowest BCUT2D eigenvalue weighted by Crippen LogP contribution is -1.97. The topological polar surface area (TPSA) is 0 Å². The highest BCUT2D eigenvalue weighted by Crippen LogP contribution is 2.25. The molecule has 0 saturated heterocycles. The Balaban J connectivity index is 2.37. The zero-order valence-corrected chi connectivity index (χ0v) is 9.27. The van der Waals surface area contributed by atoms with Crippen molar-refractivity contribution >= 4 is 0 Å². The van der Waals surface area contributed by atoms with E-state index in [0.29, 0.717) is 5.92 Å². The molecule has 0 amide bonds. The minimum Gasteiger partial charge on any atom is -0.0622 e. The summed E-state index contributed by atoms with van der Waals surface area (Å²) in [7, 11) is 0. The first-order valence-electron chi connectivity index (χ1n) is 5.39. The number of benzene rings is 2. The zero-order chi connectivity index (χ0) is 10.7. The standard InChI is InChI=1S/C15H16/c1-12-8-6-7-11-15(12)13(2)14-9-4-3-5-10-14/h3-11,13H,1-2H3. The van der Waals surface area contributed by atoms with Gasteiger partial charge >= 0.3 is 0 Å². The Bertz CT molecular complexity index is 429. The van der Waals surface area contributed by atoms with E-state index in [2.05, 4.69) is 68.4 Å². The molecule has 0 fully saturated rings. The summed E-state index contributed by atoms with van der Waals surface area (Å²) in [6, 6.07) is 19.2. The molecule has 0 heteroatoms. The lowest BCUT2D eigenvalue weighted by atomic mass is 9.90. The molecule has 0 spiro atoms. The van der Waals surface area contributed by atoms with Crippen molar-refractivity contribution in [2.24, 2.45) is 0 Å². The van der Waals surface area contributed by atoms with Gasteiger partial charge in [-0.05, 0) is 23.6 Å². The Morgan fingerprint density at radius 2 is 1.40 bits per heavy atom. The summed E-state index contributed by atoms with van der Waals surface area (Å²) in [5.41, 5.74) is 4.17. The van der Waals surface area contributed by atoms with Crippen molar-refractivity contribution in [3.63, 3.8) is 0 Å². The first kappa shape index (κ1) is 9.97. The van der Waals surface area contributed by atoms with Gasteiger partial charge in [0, 0.05) is 5.92 Å². The van der Waals surface area contributed by atoms with Gasteiger partial charge in [-0.25, -0.2) is 0 Å². The second kappa shape index (κ2) is 4.31. The minimum absolute atomic E-state index is 0.479. The van der Waals surface area contributed by atoms with E-state index < -0.39 is 0 Å². The van der Waals surface area contributed by atoms with Gasteiger partial charge in [-0.15, -0.1) is 0 Å². The summed E-state index contributed by atoms with van der Waals surface area (Å²) in [6.07, 6.45) is 0. The van der Waals surface area contributed by atoms with Gasteiger partial charge in [-0.2, -0.15) is 0 Å². The van der Waals surface area contributed by atoms with E-state index in [9.17, 15) is 0 Å². The average molecular weight is 196 g/mol. The molecule has 0 heterocycles. The van der Waals surface area contributed by atoms with Crippen LogP contribution in [-0.2, 0) is 0 Å². The maximum Gasteiger partial charge on any atom is 0.00636 e. The predicted octanol–water partition coefficient (Wildman–Crippen LogP) is 4.15. The second-order valence-corrected chi connectivity index (χ2v) is 3.99. The monoisotopic (exact) mass is 196 g/mol. The Kier molecular flexibility index (Phi) is 2.86. The molecule has 1 atom stereocenters. The molecule has 15 heavy (non-hydrogen) atoms. The van der Waals surface area contributed by atoms with E-state index in [4.69, 9.17) is 0 Å². The first-order chi connectivity index (χ1) is 7.29. The van der Waals surface area contributed by atoms with Crippen LogP contribution in [-0.4, -0.2) is 0 Å². The van der Waals surface area contributed by atoms with E-state index in [-0.39, 0.29) is 0 Å². The van der Waals surface area contributed by atoms with E-state index in [1.54, 1.807) is 0 Å². The van der Waals surface area contributed by atoms with Crippen molar-refractivity contribution in [3.8, 4) is 0 Å². The van der Waals surface area contributed by atoms with Gasteiger partial charge in [-0.1, -0.05) is 61.5 Å². The number of rotatable bonds is 2. The van der Waals surface area contributed by atoms with Crippen LogP contribution in [0.2, 0.25) is 0 Å². The summed E-state index contributed by atoms with van der Waals surface area (Å²) in [5, 5.41) is 0. The van der Waals surface area contributed by atoms with E-state index in [0.717, 1.165) is 0 Å². The normalized spacial score (nSPS) is 12.4. The van der Waals surface area contributed by atoms with E-state index >= 15 is 0 Å². The van der Waals surface area contributed by atoms with Crippen LogP contribution in [0, 0.1) is 6.92 Å². The van der Waals surface area contributed by atoms with Crippen LogP contribution in [0.3, 0.4) is 0 Å².